The number of aliphatic imine (C=N–C) groups is 1. The molecule has 0 spiro atoms. The summed E-state index contributed by atoms with van der Waals surface area (Å²) < 4.78 is 15.8. The lowest BCUT2D eigenvalue weighted by molar-refractivity contribution is 0.586. The third-order valence-electron chi connectivity index (χ3n) is 4.19. The summed E-state index contributed by atoms with van der Waals surface area (Å²) in [4.78, 5) is 10.4. The lowest BCUT2D eigenvalue weighted by atomic mass is 10.3. The molecule has 2 aromatic rings. The number of pyridine rings is 1. The smallest absolute Gasteiger partial charge is 0.191 e. The molecule has 1 unspecified atom stereocenters. The zero-order valence-corrected chi connectivity index (χ0v) is 14.6. The van der Waals surface area contributed by atoms with Crippen molar-refractivity contribution in [2.75, 3.05) is 31.6 Å². The highest BCUT2D eigenvalue weighted by molar-refractivity contribution is 5.80. The molecule has 1 fully saturated rings. The molecule has 8 heteroatoms. The van der Waals surface area contributed by atoms with Gasteiger partial charge in [0.2, 0.25) is 0 Å². The van der Waals surface area contributed by atoms with Gasteiger partial charge in [-0.1, -0.05) is 0 Å². The lowest BCUT2D eigenvalue weighted by Crippen LogP contribution is -2.45. The second-order valence-electron chi connectivity index (χ2n) is 6.16. The Kier molecular flexibility index (Phi) is 5.47. The number of hydrogen-bond donors (Lipinski definition) is 2. The van der Waals surface area contributed by atoms with Crippen LogP contribution in [-0.2, 0) is 6.54 Å². The van der Waals surface area contributed by atoms with Crippen LogP contribution in [0, 0.1) is 12.7 Å². The van der Waals surface area contributed by atoms with Gasteiger partial charge < -0.3 is 15.5 Å². The fraction of sp³-hybridized carbons (Fsp3) is 0.471. The molecule has 0 aromatic carbocycles. The highest BCUT2D eigenvalue weighted by atomic mass is 19.1. The summed E-state index contributed by atoms with van der Waals surface area (Å²) in [5, 5.41) is 10.9. The van der Waals surface area contributed by atoms with E-state index in [-0.39, 0.29) is 11.9 Å². The molecule has 0 saturated carbocycles. The van der Waals surface area contributed by atoms with E-state index in [2.05, 4.69) is 25.7 Å². The summed E-state index contributed by atoms with van der Waals surface area (Å²) in [5.74, 6) is 0.890. The molecular weight excluding hydrogens is 321 g/mol. The van der Waals surface area contributed by atoms with Gasteiger partial charge in [0.1, 0.15) is 0 Å². The van der Waals surface area contributed by atoms with Crippen molar-refractivity contribution in [3.8, 4) is 0 Å². The maximum absolute atomic E-state index is 13.9. The Morgan fingerprint density at radius 1 is 1.48 bits per heavy atom. The van der Waals surface area contributed by atoms with E-state index in [0.717, 1.165) is 37.6 Å². The average molecular weight is 345 g/mol. The van der Waals surface area contributed by atoms with Gasteiger partial charge in [0.15, 0.2) is 17.6 Å². The van der Waals surface area contributed by atoms with Crippen LogP contribution in [0.3, 0.4) is 0 Å². The van der Waals surface area contributed by atoms with E-state index in [1.807, 2.05) is 28.9 Å². The van der Waals surface area contributed by atoms with Gasteiger partial charge >= 0.3 is 0 Å². The van der Waals surface area contributed by atoms with Crippen LogP contribution in [0.1, 0.15) is 12.0 Å². The highest BCUT2D eigenvalue weighted by Crippen LogP contribution is 2.20. The minimum absolute atomic E-state index is 0.208. The van der Waals surface area contributed by atoms with E-state index in [9.17, 15) is 4.39 Å². The van der Waals surface area contributed by atoms with Crippen LogP contribution in [0.5, 0.6) is 0 Å². The Bertz CT molecular complexity index is 727. The van der Waals surface area contributed by atoms with Gasteiger partial charge in [-0.15, -0.1) is 0 Å². The van der Waals surface area contributed by atoms with Crippen LogP contribution in [0.2, 0.25) is 0 Å². The standard InChI is InChI=1S/C17H24FN7/c1-13-10-22-25(11-13)9-7-21-17(19-2)23-14-5-8-24(12-14)16-15(18)4-3-6-20-16/h3-4,6,10-11,14H,5,7-9,12H2,1-2H3,(H2,19,21,23). The number of nitrogens with zero attached hydrogens (tertiary/aromatic N) is 5. The fourth-order valence-corrected chi connectivity index (χ4v) is 2.95. The zero-order valence-electron chi connectivity index (χ0n) is 14.6. The summed E-state index contributed by atoms with van der Waals surface area (Å²) in [5.41, 5.74) is 1.15. The van der Waals surface area contributed by atoms with E-state index in [1.165, 1.54) is 6.07 Å². The van der Waals surface area contributed by atoms with Gasteiger partial charge in [0, 0.05) is 45.1 Å². The molecule has 0 aliphatic carbocycles. The maximum atomic E-state index is 13.9. The predicted molar refractivity (Wildman–Crippen MR) is 96.3 cm³/mol. The Labute approximate surface area is 147 Å². The first-order chi connectivity index (χ1) is 12.2. The van der Waals surface area contributed by atoms with E-state index in [0.29, 0.717) is 12.4 Å². The van der Waals surface area contributed by atoms with E-state index < -0.39 is 0 Å². The van der Waals surface area contributed by atoms with Crippen molar-refractivity contribution in [1.29, 1.82) is 0 Å². The normalized spacial score (nSPS) is 17.8. The van der Waals surface area contributed by atoms with Gasteiger partial charge in [-0.3, -0.25) is 9.67 Å². The van der Waals surface area contributed by atoms with Gasteiger partial charge in [-0.2, -0.15) is 5.10 Å². The summed E-state index contributed by atoms with van der Waals surface area (Å²) in [6.45, 7) is 4.99. The first kappa shape index (κ1) is 17.2. The Balaban J connectivity index is 1.47. The molecule has 0 bridgehead atoms. The van der Waals surface area contributed by atoms with Crippen molar-refractivity contribution in [2.24, 2.45) is 4.99 Å². The quantitative estimate of drug-likeness (QED) is 0.629. The average Bonchev–Trinajstić information content (AvgIpc) is 3.23. The van der Waals surface area contributed by atoms with Crippen LogP contribution >= 0.6 is 0 Å². The van der Waals surface area contributed by atoms with Crippen molar-refractivity contribution >= 4 is 11.8 Å². The molecule has 2 N–H and O–H groups in total. The third kappa shape index (κ3) is 4.46. The van der Waals surface area contributed by atoms with Crippen LogP contribution in [0.15, 0.2) is 35.7 Å². The molecule has 0 amide bonds. The van der Waals surface area contributed by atoms with Crippen molar-refractivity contribution in [3.05, 3.63) is 42.1 Å². The molecule has 134 valence electrons. The number of hydrogen-bond acceptors (Lipinski definition) is 4. The Morgan fingerprint density at radius 2 is 2.36 bits per heavy atom. The summed E-state index contributed by atoms with van der Waals surface area (Å²) >= 11 is 0. The van der Waals surface area contributed by atoms with Crippen LogP contribution in [0.4, 0.5) is 10.2 Å². The van der Waals surface area contributed by atoms with E-state index >= 15 is 0 Å². The second kappa shape index (κ2) is 7.96. The lowest BCUT2D eigenvalue weighted by Gasteiger charge is -2.20. The highest BCUT2D eigenvalue weighted by Gasteiger charge is 2.25. The number of rotatable bonds is 5. The maximum Gasteiger partial charge on any atom is 0.191 e. The number of anilines is 1. The van der Waals surface area contributed by atoms with Crippen molar-refractivity contribution in [1.82, 2.24) is 25.4 Å². The number of guanidine groups is 1. The number of aromatic nitrogens is 3. The number of nitrogens with one attached hydrogen (secondary N) is 2. The van der Waals surface area contributed by atoms with E-state index in [1.54, 1.807) is 19.3 Å². The Morgan fingerprint density at radius 3 is 3.08 bits per heavy atom. The predicted octanol–water partition coefficient (Wildman–Crippen LogP) is 1.17. The fourth-order valence-electron chi connectivity index (χ4n) is 2.95. The molecule has 1 saturated heterocycles. The van der Waals surface area contributed by atoms with Crippen molar-refractivity contribution in [2.45, 2.75) is 25.9 Å². The topological polar surface area (TPSA) is 70.4 Å². The molecule has 25 heavy (non-hydrogen) atoms. The first-order valence-corrected chi connectivity index (χ1v) is 8.47. The molecule has 7 nitrogen and oxygen atoms in total. The summed E-state index contributed by atoms with van der Waals surface area (Å²) in [6, 6.07) is 3.26. The molecule has 2 aromatic heterocycles. The summed E-state index contributed by atoms with van der Waals surface area (Å²) in [6.07, 6.45) is 6.39. The van der Waals surface area contributed by atoms with Crippen LogP contribution < -0.4 is 15.5 Å². The zero-order chi connectivity index (χ0) is 17.6. The Hall–Kier alpha value is -2.64. The van der Waals surface area contributed by atoms with Gasteiger partial charge in [-0.05, 0) is 31.0 Å². The third-order valence-corrected chi connectivity index (χ3v) is 4.19. The van der Waals surface area contributed by atoms with Gasteiger partial charge in [0.05, 0.1) is 12.7 Å². The monoisotopic (exact) mass is 345 g/mol. The van der Waals surface area contributed by atoms with Crippen LogP contribution in [-0.4, -0.2) is 53.4 Å². The van der Waals surface area contributed by atoms with Crippen molar-refractivity contribution in [3.63, 3.8) is 0 Å². The second-order valence-corrected chi connectivity index (χ2v) is 6.16. The molecule has 3 heterocycles. The molecule has 1 atom stereocenters. The summed E-state index contributed by atoms with van der Waals surface area (Å²) in [7, 11) is 1.75. The SMILES string of the molecule is CN=C(NCCn1cc(C)cn1)NC1CCN(c2ncccc2F)C1. The number of aryl methyl sites for hydroxylation is 1. The molecular formula is C17H24FN7. The molecule has 1 aliphatic rings. The molecule has 3 rings (SSSR count). The first-order valence-electron chi connectivity index (χ1n) is 8.47. The molecule has 0 radical (unpaired) electrons. The number of halogens is 1. The largest absolute Gasteiger partial charge is 0.355 e. The van der Waals surface area contributed by atoms with Crippen molar-refractivity contribution < 1.29 is 4.39 Å². The minimum atomic E-state index is -0.278. The van der Waals surface area contributed by atoms with Crippen LogP contribution in [0.25, 0.3) is 0 Å². The minimum Gasteiger partial charge on any atom is -0.355 e. The van der Waals surface area contributed by atoms with E-state index in [4.69, 9.17) is 0 Å². The molecule has 1 aliphatic heterocycles. The van der Waals surface area contributed by atoms with Gasteiger partial charge in [0.25, 0.3) is 0 Å². The van der Waals surface area contributed by atoms with Gasteiger partial charge in [-0.25, -0.2) is 9.37 Å².